The standard InChI is InChI=1S/C21H32O3/c1-13(22)23-17-7-6-15-14-8-12-21-18(24-21)5-4-10-20(21,3)16(14)9-11-19(15,17)2/h14-18H,4-12H2,1-3H3/t14-,15-,16-,17-,18+,19-,20+,21+/m0/s1. The number of carbonyl (C=O) groups is 1. The third-order valence-corrected chi connectivity index (χ3v) is 9.27. The van der Waals surface area contributed by atoms with E-state index < -0.39 is 0 Å². The van der Waals surface area contributed by atoms with Crippen molar-refractivity contribution in [2.45, 2.75) is 96.4 Å². The van der Waals surface area contributed by atoms with Crippen LogP contribution in [0, 0.1) is 28.6 Å². The van der Waals surface area contributed by atoms with Gasteiger partial charge in [0, 0.05) is 17.8 Å². The van der Waals surface area contributed by atoms with Gasteiger partial charge < -0.3 is 9.47 Å². The number of esters is 1. The summed E-state index contributed by atoms with van der Waals surface area (Å²) in [6.45, 7) is 6.54. The Morgan fingerprint density at radius 3 is 2.62 bits per heavy atom. The molecule has 0 aromatic rings. The summed E-state index contributed by atoms with van der Waals surface area (Å²) in [5.74, 6) is 2.29. The highest BCUT2D eigenvalue weighted by Gasteiger charge is 2.74. The number of fused-ring (bicyclic) bond motifs is 4. The van der Waals surface area contributed by atoms with Gasteiger partial charge in [-0.25, -0.2) is 0 Å². The van der Waals surface area contributed by atoms with Crippen molar-refractivity contribution in [1.29, 1.82) is 0 Å². The average Bonchev–Trinajstić information content (AvgIpc) is 3.17. The zero-order valence-corrected chi connectivity index (χ0v) is 15.5. The summed E-state index contributed by atoms with van der Waals surface area (Å²) in [5, 5.41) is 0. The largest absolute Gasteiger partial charge is 0.462 e. The molecule has 0 bridgehead atoms. The fourth-order valence-electron chi connectivity index (χ4n) is 8.09. The summed E-state index contributed by atoms with van der Waals surface area (Å²) in [4.78, 5) is 11.5. The maximum atomic E-state index is 11.5. The van der Waals surface area contributed by atoms with Crippen LogP contribution < -0.4 is 0 Å². The van der Waals surface area contributed by atoms with E-state index in [0.29, 0.717) is 11.5 Å². The maximum Gasteiger partial charge on any atom is 0.302 e. The molecule has 1 aliphatic heterocycles. The summed E-state index contributed by atoms with van der Waals surface area (Å²) in [6, 6.07) is 0. The molecule has 24 heavy (non-hydrogen) atoms. The topological polar surface area (TPSA) is 38.8 Å². The van der Waals surface area contributed by atoms with Gasteiger partial charge in [-0.05, 0) is 69.1 Å². The van der Waals surface area contributed by atoms with E-state index in [9.17, 15) is 4.79 Å². The molecule has 0 radical (unpaired) electrons. The lowest BCUT2D eigenvalue weighted by Gasteiger charge is -2.59. The van der Waals surface area contributed by atoms with Crippen molar-refractivity contribution in [2.24, 2.45) is 28.6 Å². The molecule has 0 unspecified atom stereocenters. The first-order valence-corrected chi connectivity index (χ1v) is 10.3. The number of hydrogen-bond acceptors (Lipinski definition) is 3. The second-order valence-electron chi connectivity index (χ2n) is 9.94. The molecule has 4 saturated carbocycles. The Morgan fingerprint density at radius 1 is 1.00 bits per heavy atom. The predicted octanol–water partition coefficient (Wildman–Crippen LogP) is 4.48. The Labute approximate surface area is 145 Å². The van der Waals surface area contributed by atoms with Crippen molar-refractivity contribution in [1.82, 2.24) is 0 Å². The lowest BCUT2D eigenvalue weighted by atomic mass is 9.45. The molecule has 3 heteroatoms. The van der Waals surface area contributed by atoms with E-state index in [-0.39, 0.29) is 23.1 Å². The number of carbonyl (C=O) groups excluding carboxylic acids is 1. The second-order valence-corrected chi connectivity index (χ2v) is 9.94. The van der Waals surface area contributed by atoms with E-state index >= 15 is 0 Å². The molecule has 1 heterocycles. The highest BCUT2D eigenvalue weighted by Crippen LogP contribution is 2.72. The van der Waals surface area contributed by atoms with Gasteiger partial charge in [0.15, 0.2) is 0 Å². The number of epoxide rings is 1. The van der Waals surface area contributed by atoms with Gasteiger partial charge in [0.05, 0.1) is 6.10 Å². The van der Waals surface area contributed by atoms with E-state index in [0.717, 1.165) is 24.2 Å². The molecule has 1 spiro atoms. The van der Waals surface area contributed by atoms with Crippen LogP contribution in [0.25, 0.3) is 0 Å². The van der Waals surface area contributed by atoms with Gasteiger partial charge >= 0.3 is 5.97 Å². The number of rotatable bonds is 1. The van der Waals surface area contributed by atoms with Crippen molar-refractivity contribution in [2.75, 3.05) is 0 Å². The lowest BCUT2D eigenvalue weighted by Crippen LogP contribution is -2.57. The second kappa shape index (κ2) is 4.78. The van der Waals surface area contributed by atoms with Crippen molar-refractivity contribution in [3.05, 3.63) is 0 Å². The van der Waals surface area contributed by atoms with E-state index in [1.807, 2.05) is 0 Å². The first kappa shape index (κ1) is 15.7. The zero-order chi connectivity index (χ0) is 16.7. The van der Waals surface area contributed by atoms with Crippen LogP contribution in [0.1, 0.15) is 78.6 Å². The molecular weight excluding hydrogens is 300 g/mol. The van der Waals surface area contributed by atoms with Gasteiger partial charge in [0.2, 0.25) is 0 Å². The SMILES string of the molecule is CC(=O)O[C@H]1CC[C@H]2[C@@H]3CC[C@@]45O[C@@H]4CCC[C@]5(C)[C@H]3CC[C@]12C. The predicted molar refractivity (Wildman–Crippen MR) is 91.4 cm³/mol. The third kappa shape index (κ3) is 1.75. The monoisotopic (exact) mass is 332 g/mol. The van der Waals surface area contributed by atoms with Crippen molar-refractivity contribution >= 4 is 5.97 Å². The molecule has 8 atom stereocenters. The highest BCUT2D eigenvalue weighted by molar-refractivity contribution is 5.66. The molecule has 5 aliphatic rings. The van der Waals surface area contributed by atoms with Crippen molar-refractivity contribution in [3.8, 4) is 0 Å². The van der Waals surface area contributed by atoms with E-state index in [2.05, 4.69) is 13.8 Å². The molecule has 5 rings (SSSR count). The molecule has 134 valence electrons. The molecule has 4 aliphatic carbocycles. The summed E-state index contributed by atoms with van der Waals surface area (Å²) in [6.07, 6.45) is 12.2. The van der Waals surface area contributed by atoms with Crippen LogP contribution in [-0.4, -0.2) is 23.8 Å². The Balaban J connectivity index is 1.44. The van der Waals surface area contributed by atoms with Crippen LogP contribution in [0.4, 0.5) is 0 Å². The zero-order valence-electron chi connectivity index (χ0n) is 15.5. The molecule has 0 aromatic heterocycles. The Morgan fingerprint density at radius 2 is 1.83 bits per heavy atom. The van der Waals surface area contributed by atoms with Gasteiger partial charge in [-0.3, -0.25) is 4.79 Å². The summed E-state index contributed by atoms with van der Waals surface area (Å²) >= 11 is 0. The maximum absolute atomic E-state index is 11.5. The Hall–Kier alpha value is -0.570. The molecule has 5 fully saturated rings. The minimum atomic E-state index is -0.0972. The number of ether oxygens (including phenoxy) is 2. The summed E-state index contributed by atoms with van der Waals surface area (Å²) in [5.41, 5.74) is 0.861. The fourth-order valence-corrected chi connectivity index (χ4v) is 8.09. The average molecular weight is 332 g/mol. The summed E-state index contributed by atoms with van der Waals surface area (Å²) in [7, 11) is 0. The van der Waals surface area contributed by atoms with Crippen LogP contribution >= 0.6 is 0 Å². The first-order valence-electron chi connectivity index (χ1n) is 10.3. The smallest absolute Gasteiger partial charge is 0.302 e. The molecule has 3 nitrogen and oxygen atoms in total. The molecule has 0 amide bonds. The third-order valence-electron chi connectivity index (χ3n) is 9.27. The van der Waals surface area contributed by atoms with Gasteiger partial charge in [-0.15, -0.1) is 0 Å². The molecular formula is C21H32O3. The van der Waals surface area contributed by atoms with E-state index in [4.69, 9.17) is 9.47 Å². The van der Waals surface area contributed by atoms with Crippen molar-refractivity contribution < 1.29 is 14.3 Å². The fraction of sp³-hybridized carbons (Fsp3) is 0.952. The summed E-state index contributed by atoms with van der Waals surface area (Å²) < 4.78 is 12.1. The first-order chi connectivity index (χ1) is 11.4. The van der Waals surface area contributed by atoms with Crippen LogP contribution in [0.5, 0.6) is 0 Å². The normalized spacial score (nSPS) is 58.0. The molecule has 0 aromatic carbocycles. The van der Waals surface area contributed by atoms with Crippen molar-refractivity contribution in [3.63, 3.8) is 0 Å². The Bertz CT molecular complexity index is 573. The Kier molecular flexibility index (Phi) is 3.12. The van der Waals surface area contributed by atoms with E-state index in [1.54, 1.807) is 6.92 Å². The van der Waals surface area contributed by atoms with Crippen LogP contribution in [0.2, 0.25) is 0 Å². The van der Waals surface area contributed by atoms with Crippen LogP contribution in [0.15, 0.2) is 0 Å². The number of hydrogen-bond donors (Lipinski definition) is 0. The highest BCUT2D eigenvalue weighted by atomic mass is 16.6. The van der Waals surface area contributed by atoms with Gasteiger partial charge in [-0.2, -0.15) is 0 Å². The van der Waals surface area contributed by atoms with Crippen LogP contribution in [0.3, 0.4) is 0 Å². The lowest BCUT2D eigenvalue weighted by molar-refractivity contribution is -0.161. The van der Waals surface area contributed by atoms with Crippen LogP contribution in [-0.2, 0) is 14.3 Å². The van der Waals surface area contributed by atoms with Gasteiger partial charge in [0.1, 0.15) is 11.7 Å². The quantitative estimate of drug-likeness (QED) is 0.525. The molecule has 1 saturated heterocycles. The minimum absolute atomic E-state index is 0.0972. The molecule has 0 N–H and O–H groups in total. The van der Waals surface area contributed by atoms with Gasteiger partial charge in [0.25, 0.3) is 0 Å². The minimum Gasteiger partial charge on any atom is -0.462 e. The van der Waals surface area contributed by atoms with E-state index in [1.165, 1.54) is 51.4 Å². The van der Waals surface area contributed by atoms with Gasteiger partial charge in [-0.1, -0.05) is 20.3 Å².